The second kappa shape index (κ2) is 8.81. The van der Waals surface area contributed by atoms with E-state index >= 15 is 0 Å². The minimum atomic E-state index is -0.400. The third-order valence-electron chi connectivity index (χ3n) is 4.56. The van der Waals surface area contributed by atoms with Crippen molar-refractivity contribution < 1.29 is 5.11 Å². The molecule has 0 aliphatic carbocycles. The Balaban J connectivity index is 1.75. The number of anilines is 2. The molecule has 0 amide bonds. The van der Waals surface area contributed by atoms with Crippen LogP contribution in [-0.4, -0.2) is 55.4 Å². The van der Waals surface area contributed by atoms with Crippen molar-refractivity contribution >= 4 is 27.3 Å². The molecule has 1 aliphatic heterocycles. The van der Waals surface area contributed by atoms with Gasteiger partial charge in [-0.2, -0.15) is 0 Å². The highest BCUT2D eigenvalue weighted by molar-refractivity contribution is 9.10. The summed E-state index contributed by atoms with van der Waals surface area (Å²) < 4.78 is 1.06. The van der Waals surface area contributed by atoms with Gasteiger partial charge >= 0.3 is 0 Å². The van der Waals surface area contributed by atoms with Crippen LogP contribution in [0.5, 0.6) is 0 Å². The Morgan fingerprint density at radius 3 is 2.20 bits per heavy atom. The Labute approximate surface area is 158 Å². The molecule has 5 heteroatoms. The van der Waals surface area contributed by atoms with Gasteiger partial charge in [0.05, 0.1) is 12.6 Å². The lowest BCUT2D eigenvalue weighted by Crippen LogP contribution is -2.48. The van der Waals surface area contributed by atoms with Gasteiger partial charge in [0.25, 0.3) is 0 Å². The van der Waals surface area contributed by atoms with Crippen LogP contribution in [0.2, 0.25) is 0 Å². The largest absolute Gasteiger partial charge is 0.390 e. The molecule has 134 valence electrons. The number of β-amino-alcohol motifs (C(OH)–C–C–N with tert-alkyl or cyclic N) is 1. The van der Waals surface area contributed by atoms with Crippen molar-refractivity contribution in [3.8, 4) is 0 Å². The summed E-state index contributed by atoms with van der Waals surface area (Å²) in [7, 11) is 0. The van der Waals surface area contributed by atoms with Crippen LogP contribution >= 0.6 is 15.9 Å². The van der Waals surface area contributed by atoms with E-state index in [4.69, 9.17) is 0 Å². The molecule has 3 rings (SSSR count). The predicted octanol–water partition coefficient (Wildman–Crippen LogP) is 3.16. The van der Waals surface area contributed by atoms with Gasteiger partial charge in [-0.25, -0.2) is 0 Å². The van der Waals surface area contributed by atoms with Gasteiger partial charge in [-0.1, -0.05) is 33.6 Å². The Morgan fingerprint density at radius 2 is 1.60 bits per heavy atom. The molecule has 0 saturated carbocycles. The van der Waals surface area contributed by atoms with Crippen LogP contribution in [-0.2, 0) is 0 Å². The number of nitrogens with one attached hydrogen (secondary N) is 1. The number of nitrogens with zero attached hydrogens (tertiary/aromatic N) is 2. The summed E-state index contributed by atoms with van der Waals surface area (Å²) in [6, 6.07) is 16.7. The first kappa shape index (κ1) is 18.4. The van der Waals surface area contributed by atoms with Gasteiger partial charge in [0.1, 0.15) is 0 Å². The quantitative estimate of drug-likeness (QED) is 0.776. The maximum atomic E-state index is 10.7. The van der Waals surface area contributed by atoms with E-state index in [2.05, 4.69) is 74.4 Å². The van der Waals surface area contributed by atoms with Crippen LogP contribution < -0.4 is 10.2 Å². The summed E-state index contributed by atoms with van der Waals surface area (Å²) >= 11 is 3.50. The number of piperazine rings is 1. The van der Waals surface area contributed by atoms with E-state index < -0.39 is 6.10 Å². The van der Waals surface area contributed by atoms with Gasteiger partial charge in [-0.05, 0) is 43.3 Å². The van der Waals surface area contributed by atoms with E-state index in [1.807, 2.05) is 12.1 Å². The van der Waals surface area contributed by atoms with Gasteiger partial charge in [0.15, 0.2) is 0 Å². The third kappa shape index (κ3) is 5.28. The molecule has 25 heavy (non-hydrogen) atoms. The molecule has 1 fully saturated rings. The minimum absolute atomic E-state index is 0.400. The Hall–Kier alpha value is -1.40. The molecule has 0 aromatic heterocycles. The molecule has 2 N–H and O–H groups in total. The molecule has 0 bridgehead atoms. The summed E-state index contributed by atoms with van der Waals surface area (Å²) in [4.78, 5) is 4.52. The van der Waals surface area contributed by atoms with E-state index in [1.54, 1.807) is 0 Å². The van der Waals surface area contributed by atoms with Crippen LogP contribution in [0.4, 0.5) is 11.4 Å². The number of rotatable bonds is 6. The van der Waals surface area contributed by atoms with Crippen LogP contribution in [0, 0.1) is 6.92 Å². The lowest BCUT2D eigenvalue weighted by molar-refractivity contribution is 0.111. The first-order valence-electron chi connectivity index (χ1n) is 8.83. The maximum Gasteiger partial charge on any atom is 0.0845 e. The number of aryl methyl sites for hydroxylation is 1. The minimum Gasteiger partial charge on any atom is -0.390 e. The van der Waals surface area contributed by atoms with Crippen LogP contribution in [0.15, 0.2) is 53.0 Å². The molecular weight excluding hydrogens is 378 g/mol. The highest BCUT2D eigenvalue weighted by Crippen LogP contribution is 2.27. The average molecular weight is 404 g/mol. The topological polar surface area (TPSA) is 38.7 Å². The fourth-order valence-electron chi connectivity index (χ4n) is 3.17. The second-order valence-corrected chi connectivity index (χ2v) is 7.54. The lowest BCUT2D eigenvalue weighted by atomic mass is 10.1. The van der Waals surface area contributed by atoms with E-state index in [0.717, 1.165) is 42.0 Å². The molecule has 2 aromatic carbocycles. The summed E-state index contributed by atoms with van der Waals surface area (Å²) in [5.74, 6) is 0. The highest BCUT2D eigenvalue weighted by atomic mass is 79.9. The number of hydrogen-bond acceptors (Lipinski definition) is 4. The normalized spacial score (nSPS) is 16.6. The molecular formula is C20H26BrN3O. The molecule has 1 unspecified atom stereocenters. The molecule has 1 atom stereocenters. The molecule has 0 spiro atoms. The number of hydrogen-bond donors (Lipinski definition) is 2. The van der Waals surface area contributed by atoms with Crippen molar-refractivity contribution in [2.75, 3.05) is 44.2 Å². The number of halogens is 1. The number of aliphatic hydroxyl groups is 1. The summed E-state index contributed by atoms with van der Waals surface area (Å²) in [5, 5.41) is 14.0. The number of aliphatic hydroxyl groups excluding tert-OH is 1. The number of benzene rings is 2. The fourth-order valence-corrected chi connectivity index (χ4v) is 3.43. The SMILES string of the molecule is Cc1ccc(N(CC(O)CN2CCNCC2)c2ccc(Br)cc2)cc1. The van der Waals surface area contributed by atoms with Crippen molar-refractivity contribution in [1.82, 2.24) is 10.2 Å². The predicted molar refractivity (Wildman–Crippen MR) is 108 cm³/mol. The summed E-state index contributed by atoms with van der Waals surface area (Å²) in [5.41, 5.74) is 3.43. The van der Waals surface area contributed by atoms with Gasteiger partial charge in [0.2, 0.25) is 0 Å². The first-order chi connectivity index (χ1) is 12.1. The third-order valence-corrected chi connectivity index (χ3v) is 5.08. The molecule has 0 radical (unpaired) electrons. The second-order valence-electron chi connectivity index (χ2n) is 6.63. The zero-order valence-corrected chi connectivity index (χ0v) is 16.2. The van der Waals surface area contributed by atoms with Gasteiger partial charge in [-0.3, -0.25) is 4.90 Å². The summed E-state index contributed by atoms with van der Waals surface area (Å²) in [6.07, 6.45) is -0.400. The molecule has 4 nitrogen and oxygen atoms in total. The Bertz CT molecular complexity index is 608. The Morgan fingerprint density at radius 1 is 1.04 bits per heavy atom. The van der Waals surface area contributed by atoms with Crippen LogP contribution in [0.1, 0.15) is 5.56 Å². The van der Waals surface area contributed by atoms with Gasteiger partial charge < -0.3 is 15.3 Å². The van der Waals surface area contributed by atoms with Crippen molar-refractivity contribution in [1.29, 1.82) is 0 Å². The molecule has 1 saturated heterocycles. The zero-order valence-electron chi connectivity index (χ0n) is 14.7. The summed E-state index contributed by atoms with van der Waals surface area (Å²) in [6.45, 7) is 7.38. The zero-order chi connectivity index (χ0) is 17.6. The van der Waals surface area contributed by atoms with E-state index in [-0.39, 0.29) is 0 Å². The highest BCUT2D eigenvalue weighted by Gasteiger charge is 2.18. The Kier molecular flexibility index (Phi) is 6.48. The first-order valence-corrected chi connectivity index (χ1v) is 9.62. The van der Waals surface area contributed by atoms with E-state index in [9.17, 15) is 5.11 Å². The molecule has 2 aromatic rings. The maximum absolute atomic E-state index is 10.7. The fraction of sp³-hybridized carbons (Fsp3) is 0.400. The molecule has 1 heterocycles. The van der Waals surface area contributed by atoms with E-state index in [1.165, 1.54) is 5.56 Å². The average Bonchev–Trinajstić information content (AvgIpc) is 2.62. The van der Waals surface area contributed by atoms with Crippen molar-refractivity contribution in [3.05, 3.63) is 58.6 Å². The van der Waals surface area contributed by atoms with Crippen molar-refractivity contribution in [2.24, 2.45) is 0 Å². The van der Waals surface area contributed by atoms with Crippen LogP contribution in [0.25, 0.3) is 0 Å². The monoisotopic (exact) mass is 403 g/mol. The van der Waals surface area contributed by atoms with Crippen molar-refractivity contribution in [2.45, 2.75) is 13.0 Å². The standard InChI is InChI=1S/C20H26BrN3O/c1-16-2-6-18(7-3-16)24(19-8-4-17(21)5-9-19)15-20(25)14-23-12-10-22-11-13-23/h2-9,20,22,25H,10-15H2,1H3. The lowest BCUT2D eigenvalue weighted by Gasteiger charge is -2.32. The smallest absolute Gasteiger partial charge is 0.0845 e. The molecule has 1 aliphatic rings. The van der Waals surface area contributed by atoms with Gasteiger partial charge in [-0.15, -0.1) is 0 Å². The van der Waals surface area contributed by atoms with Crippen molar-refractivity contribution in [3.63, 3.8) is 0 Å². The van der Waals surface area contributed by atoms with Gasteiger partial charge in [0, 0.05) is 48.6 Å². The van der Waals surface area contributed by atoms with Crippen LogP contribution in [0.3, 0.4) is 0 Å². The van der Waals surface area contributed by atoms with E-state index in [0.29, 0.717) is 13.1 Å².